The summed E-state index contributed by atoms with van der Waals surface area (Å²) in [6.45, 7) is 7.63. The van der Waals surface area contributed by atoms with E-state index in [-0.39, 0.29) is 23.2 Å². The van der Waals surface area contributed by atoms with E-state index in [1.807, 2.05) is 20.8 Å². The fourth-order valence-electron chi connectivity index (χ4n) is 3.63. The second-order valence-electron chi connectivity index (χ2n) is 7.58. The molecule has 2 aromatic rings. The lowest BCUT2D eigenvalue weighted by molar-refractivity contribution is 0.0945. The van der Waals surface area contributed by atoms with Gasteiger partial charge < -0.3 is 15.0 Å². The van der Waals surface area contributed by atoms with Crippen LogP contribution in [0.3, 0.4) is 0 Å². The number of aryl methyl sites for hydroxylation is 1. The summed E-state index contributed by atoms with van der Waals surface area (Å²) in [5.41, 5.74) is 6.68. The average molecular weight is 436 g/mol. The number of ketones is 1. The Labute approximate surface area is 179 Å². The van der Waals surface area contributed by atoms with E-state index < -0.39 is 17.0 Å². The number of imidazole rings is 1. The van der Waals surface area contributed by atoms with Gasteiger partial charge in [0.05, 0.1) is 24.1 Å². The van der Waals surface area contributed by atoms with Crippen LogP contribution in [0, 0.1) is 13.8 Å². The molecule has 0 aliphatic carbocycles. The Morgan fingerprint density at radius 3 is 2.67 bits per heavy atom. The molecule has 0 radical (unpaired) electrons. The van der Waals surface area contributed by atoms with Crippen molar-refractivity contribution in [3.63, 3.8) is 0 Å². The largest absolute Gasteiger partial charge is 0.384 e. The predicted molar refractivity (Wildman–Crippen MR) is 116 cm³/mol. The van der Waals surface area contributed by atoms with Crippen LogP contribution in [0.5, 0.6) is 0 Å². The highest BCUT2D eigenvalue weighted by molar-refractivity contribution is 7.99. The number of rotatable bonds is 8. The number of ether oxygens (including phenoxy) is 1. The van der Waals surface area contributed by atoms with Gasteiger partial charge in [-0.25, -0.2) is 9.78 Å². The van der Waals surface area contributed by atoms with Gasteiger partial charge in [0, 0.05) is 25.9 Å². The zero-order valence-electron chi connectivity index (χ0n) is 17.9. The highest BCUT2D eigenvalue weighted by atomic mass is 32.2. The second kappa shape index (κ2) is 9.22. The molecule has 0 bridgehead atoms. The van der Waals surface area contributed by atoms with Gasteiger partial charge in [-0.1, -0.05) is 18.7 Å². The number of nitrogens with zero attached hydrogens (tertiary/aromatic N) is 4. The predicted octanol–water partition coefficient (Wildman–Crippen LogP) is 1.51. The molecule has 2 N–H and O–H groups in total. The first-order valence-corrected chi connectivity index (χ1v) is 11.1. The molecule has 164 valence electrons. The third-order valence-electron chi connectivity index (χ3n) is 5.47. The number of aromatic nitrogens is 4. The van der Waals surface area contributed by atoms with E-state index in [4.69, 9.17) is 10.5 Å². The Morgan fingerprint density at radius 2 is 2.03 bits per heavy atom. The molecule has 9 nitrogen and oxygen atoms in total. The average Bonchev–Trinajstić information content (AvgIpc) is 3.32. The van der Waals surface area contributed by atoms with Crippen LogP contribution < -0.4 is 17.0 Å². The van der Waals surface area contributed by atoms with E-state index in [0.717, 1.165) is 35.4 Å². The summed E-state index contributed by atoms with van der Waals surface area (Å²) in [6, 6.07) is 0. The fourth-order valence-corrected chi connectivity index (χ4v) is 4.60. The Kier molecular flexibility index (Phi) is 6.87. The van der Waals surface area contributed by atoms with E-state index in [1.54, 1.807) is 0 Å². The molecular weight excluding hydrogens is 406 g/mol. The summed E-state index contributed by atoms with van der Waals surface area (Å²) in [5.74, 6) is -0.471. The molecule has 3 rings (SSSR count). The van der Waals surface area contributed by atoms with Crippen molar-refractivity contribution in [3.8, 4) is 0 Å². The van der Waals surface area contributed by atoms with Crippen molar-refractivity contribution < 1.29 is 9.53 Å². The van der Waals surface area contributed by atoms with Gasteiger partial charge in [-0.2, -0.15) is 0 Å². The topological polar surface area (TPSA) is 114 Å². The van der Waals surface area contributed by atoms with Crippen LogP contribution in [0.4, 0.5) is 5.82 Å². The van der Waals surface area contributed by atoms with Crippen LogP contribution in [0.2, 0.25) is 0 Å². The first kappa shape index (κ1) is 22.4. The van der Waals surface area contributed by atoms with Crippen LogP contribution in [-0.2, 0) is 24.9 Å². The van der Waals surface area contributed by atoms with Crippen LogP contribution in [0.15, 0.2) is 14.7 Å². The normalized spacial score (nSPS) is 16.3. The number of thioether (sulfide) groups is 1. The molecule has 0 amide bonds. The van der Waals surface area contributed by atoms with Crippen molar-refractivity contribution in [3.05, 3.63) is 37.8 Å². The summed E-state index contributed by atoms with van der Waals surface area (Å²) >= 11 is 1.27. The maximum atomic E-state index is 12.9. The highest BCUT2D eigenvalue weighted by Gasteiger charge is 2.24. The van der Waals surface area contributed by atoms with E-state index in [1.165, 1.54) is 23.4 Å². The minimum atomic E-state index is -0.662. The molecular formula is C20H29N5O4S. The lowest BCUT2D eigenvalue weighted by Gasteiger charge is -2.15. The summed E-state index contributed by atoms with van der Waals surface area (Å²) in [4.78, 5) is 42.4. The summed E-state index contributed by atoms with van der Waals surface area (Å²) in [7, 11) is 1.36. The van der Waals surface area contributed by atoms with Gasteiger partial charge in [0.2, 0.25) is 0 Å². The number of carbonyl (C=O) groups is 1. The standard InChI is InChI=1S/C20H29N5O4S/c1-5-8-24-17(21)16(18(27)23(4)20(24)28)15(26)11-30-19-22-12(2)13(3)25(19)10-14-7-6-9-29-14/h14H,5-11,21H2,1-4H3/t14-/m1/s1. The maximum absolute atomic E-state index is 12.9. The summed E-state index contributed by atoms with van der Waals surface area (Å²) < 4.78 is 10.0. The molecule has 0 spiro atoms. The minimum absolute atomic E-state index is 0.00514. The Bertz CT molecular complexity index is 1060. The monoisotopic (exact) mass is 435 g/mol. The van der Waals surface area contributed by atoms with E-state index in [0.29, 0.717) is 24.7 Å². The van der Waals surface area contributed by atoms with Crippen molar-refractivity contribution >= 4 is 23.4 Å². The van der Waals surface area contributed by atoms with Gasteiger partial charge in [-0.05, 0) is 33.1 Å². The van der Waals surface area contributed by atoms with E-state index in [2.05, 4.69) is 9.55 Å². The third kappa shape index (κ3) is 4.24. The van der Waals surface area contributed by atoms with Crippen molar-refractivity contribution in [2.45, 2.75) is 64.4 Å². The molecule has 3 heterocycles. The van der Waals surface area contributed by atoms with Gasteiger partial charge in [-0.3, -0.25) is 18.7 Å². The van der Waals surface area contributed by atoms with Crippen LogP contribution >= 0.6 is 11.8 Å². The van der Waals surface area contributed by atoms with E-state index in [9.17, 15) is 14.4 Å². The SMILES string of the molecule is CCCn1c(N)c(C(=O)CSc2nc(C)c(C)n2C[C@H]2CCCO2)c(=O)n(C)c1=O. The number of hydrogen-bond acceptors (Lipinski definition) is 7. The van der Waals surface area contributed by atoms with Crippen molar-refractivity contribution in [1.29, 1.82) is 0 Å². The number of Topliss-reactive ketones (excluding diaryl/α,β-unsaturated/α-hetero) is 1. The highest BCUT2D eigenvalue weighted by Crippen LogP contribution is 2.25. The first-order chi connectivity index (χ1) is 14.3. The number of anilines is 1. The molecule has 1 aliphatic heterocycles. The zero-order valence-corrected chi connectivity index (χ0v) is 18.8. The summed E-state index contributed by atoms with van der Waals surface area (Å²) in [5, 5.41) is 0.714. The van der Waals surface area contributed by atoms with Crippen molar-refractivity contribution in [1.82, 2.24) is 18.7 Å². The van der Waals surface area contributed by atoms with Crippen LogP contribution in [0.25, 0.3) is 0 Å². The molecule has 10 heteroatoms. The fraction of sp³-hybridized carbons (Fsp3) is 0.600. The third-order valence-corrected chi connectivity index (χ3v) is 6.45. The molecule has 1 fully saturated rings. The molecule has 1 aliphatic rings. The molecule has 0 saturated carbocycles. The maximum Gasteiger partial charge on any atom is 0.332 e. The van der Waals surface area contributed by atoms with Crippen LogP contribution in [-0.4, -0.2) is 42.9 Å². The number of carbonyl (C=O) groups excluding carboxylic acids is 1. The first-order valence-electron chi connectivity index (χ1n) is 10.2. The molecule has 1 saturated heterocycles. The van der Waals surface area contributed by atoms with Crippen molar-refractivity contribution in [2.24, 2.45) is 7.05 Å². The molecule has 2 aromatic heterocycles. The molecule has 0 unspecified atom stereocenters. The van der Waals surface area contributed by atoms with Gasteiger partial charge in [0.15, 0.2) is 10.9 Å². The Hall–Kier alpha value is -2.33. The lowest BCUT2D eigenvalue weighted by Crippen LogP contribution is -2.42. The lowest BCUT2D eigenvalue weighted by atomic mass is 10.2. The zero-order chi connectivity index (χ0) is 22.0. The van der Waals surface area contributed by atoms with Gasteiger partial charge >= 0.3 is 5.69 Å². The van der Waals surface area contributed by atoms with Gasteiger partial charge in [0.25, 0.3) is 5.56 Å². The van der Waals surface area contributed by atoms with Gasteiger partial charge in [-0.15, -0.1) is 0 Å². The number of hydrogen-bond donors (Lipinski definition) is 1. The van der Waals surface area contributed by atoms with Gasteiger partial charge in [0.1, 0.15) is 11.4 Å². The minimum Gasteiger partial charge on any atom is -0.384 e. The summed E-state index contributed by atoms with van der Waals surface area (Å²) in [6.07, 6.45) is 2.86. The molecule has 1 atom stereocenters. The smallest absolute Gasteiger partial charge is 0.332 e. The van der Waals surface area contributed by atoms with Crippen LogP contribution in [0.1, 0.15) is 47.9 Å². The Morgan fingerprint density at radius 1 is 1.30 bits per heavy atom. The molecule has 30 heavy (non-hydrogen) atoms. The second-order valence-corrected chi connectivity index (χ2v) is 8.52. The quantitative estimate of drug-likeness (QED) is 0.494. The van der Waals surface area contributed by atoms with E-state index >= 15 is 0 Å². The number of nitrogen functional groups attached to an aromatic ring is 1. The number of nitrogens with two attached hydrogens (primary N) is 1. The molecule has 0 aromatic carbocycles. The van der Waals surface area contributed by atoms with Crippen molar-refractivity contribution in [2.75, 3.05) is 18.1 Å². The Balaban J connectivity index is 1.85.